The van der Waals surface area contributed by atoms with E-state index in [1.807, 2.05) is 0 Å². The summed E-state index contributed by atoms with van der Waals surface area (Å²) in [5.41, 5.74) is 2.21. The molecule has 208 valence electrons. The van der Waals surface area contributed by atoms with Gasteiger partial charge in [0, 0.05) is 39.7 Å². The molecule has 4 heterocycles. The topological polar surface area (TPSA) is 150 Å². The quantitative estimate of drug-likeness (QED) is 0.299. The monoisotopic (exact) mass is 572 g/mol. The van der Waals surface area contributed by atoms with Crippen LogP contribution in [-0.4, -0.2) is 52.2 Å². The fourth-order valence-corrected chi connectivity index (χ4v) is 5.07. The van der Waals surface area contributed by atoms with Gasteiger partial charge in [-0.15, -0.1) is 5.10 Å². The minimum atomic E-state index is -0.725. The Morgan fingerprint density at radius 2 is 1.95 bits per heavy atom. The van der Waals surface area contributed by atoms with Crippen LogP contribution in [0.1, 0.15) is 49.5 Å². The first-order valence-corrected chi connectivity index (χ1v) is 13.3. The van der Waals surface area contributed by atoms with Crippen LogP contribution in [0, 0.1) is 0 Å². The SMILES string of the molecule is CC(C)(C)OC(=O)c1cc2cc(NC(=O)C3CCc4nc(-c5cc(Cl)ccc5-n5cnnn5)cc(=O)n43)ccc2[nH]1. The fraction of sp³-hybridized carbons (Fsp3) is 0.250. The molecule has 1 aliphatic heterocycles. The van der Waals surface area contributed by atoms with E-state index in [2.05, 4.69) is 25.8 Å². The largest absolute Gasteiger partial charge is 0.455 e. The fourth-order valence-electron chi connectivity index (χ4n) is 4.89. The van der Waals surface area contributed by atoms with Crippen molar-refractivity contribution in [2.75, 3.05) is 5.32 Å². The average Bonchev–Trinajstić information content (AvgIpc) is 3.67. The summed E-state index contributed by atoms with van der Waals surface area (Å²) in [5.74, 6) is -0.297. The molecular formula is C28H25ClN8O4. The van der Waals surface area contributed by atoms with Gasteiger partial charge in [0.1, 0.15) is 29.5 Å². The summed E-state index contributed by atoms with van der Waals surface area (Å²) in [6.45, 7) is 5.40. The van der Waals surface area contributed by atoms with E-state index >= 15 is 0 Å². The zero-order chi connectivity index (χ0) is 28.9. The molecule has 2 N–H and O–H groups in total. The van der Waals surface area contributed by atoms with Crippen molar-refractivity contribution in [1.82, 2.24) is 34.7 Å². The number of hydrogen-bond donors (Lipinski definition) is 2. The molecule has 12 nitrogen and oxygen atoms in total. The Bertz CT molecular complexity index is 1870. The van der Waals surface area contributed by atoms with Gasteiger partial charge in [-0.2, -0.15) is 4.68 Å². The number of esters is 1. The van der Waals surface area contributed by atoms with Crippen LogP contribution in [0.4, 0.5) is 5.69 Å². The Morgan fingerprint density at radius 1 is 1.12 bits per heavy atom. The van der Waals surface area contributed by atoms with Gasteiger partial charge in [0.05, 0.1) is 11.4 Å². The molecule has 1 amide bonds. The maximum atomic E-state index is 13.3. The lowest BCUT2D eigenvalue weighted by molar-refractivity contribution is -0.119. The highest BCUT2D eigenvalue weighted by molar-refractivity contribution is 6.31. The van der Waals surface area contributed by atoms with Crippen LogP contribution in [0.15, 0.2) is 59.7 Å². The predicted molar refractivity (Wildman–Crippen MR) is 151 cm³/mol. The first-order chi connectivity index (χ1) is 19.6. The molecule has 0 bridgehead atoms. The highest BCUT2D eigenvalue weighted by Gasteiger charge is 2.31. The molecule has 1 aliphatic rings. The lowest BCUT2D eigenvalue weighted by Crippen LogP contribution is -2.31. The van der Waals surface area contributed by atoms with E-state index in [4.69, 9.17) is 21.3 Å². The van der Waals surface area contributed by atoms with Crippen molar-refractivity contribution in [3.05, 3.63) is 81.8 Å². The molecule has 2 aromatic carbocycles. The van der Waals surface area contributed by atoms with E-state index in [0.29, 0.717) is 52.0 Å². The maximum absolute atomic E-state index is 13.3. The Balaban J connectivity index is 1.25. The number of carbonyl (C=O) groups excluding carboxylic acids is 2. The number of ether oxygens (including phenoxy) is 1. The number of amides is 1. The highest BCUT2D eigenvalue weighted by Crippen LogP contribution is 2.31. The van der Waals surface area contributed by atoms with Crippen LogP contribution < -0.4 is 10.9 Å². The van der Waals surface area contributed by atoms with Gasteiger partial charge < -0.3 is 15.0 Å². The van der Waals surface area contributed by atoms with Gasteiger partial charge >= 0.3 is 5.97 Å². The molecule has 3 aromatic heterocycles. The Hall–Kier alpha value is -4.84. The number of nitrogens with one attached hydrogen (secondary N) is 2. The smallest absolute Gasteiger partial charge is 0.355 e. The van der Waals surface area contributed by atoms with Crippen molar-refractivity contribution in [2.45, 2.75) is 45.3 Å². The number of benzene rings is 2. The molecular weight excluding hydrogens is 548 g/mol. The normalized spacial score (nSPS) is 14.7. The molecule has 0 fully saturated rings. The summed E-state index contributed by atoms with van der Waals surface area (Å²) in [6, 6.07) is 12.7. The molecule has 13 heteroatoms. The van der Waals surface area contributed by atoms with E-state index < -0.39 is 17.6 Å². The molecule has 1 atom stereocenters. The Kier molecular flexibility index (Phi) is 6.41. The second-order valence-electron chi connectivity index (χ2n) is 10.7. The van der Waals surface area contributed by atoms with Gasteiger partial charge in [0.2, 0.25) is 5.91 Å². The summed E-state index contributed by atoms with van der Waals surface area (Å²) in [6.07, 6.45) is 2.30. The first-order valence-electron chi connectivity index (χ1n) is 12.9. The van der Waals surface area contributed by atoms with Gasteiger partial charge in [0.15, 0.2) is 0 Å². The van der Waals surface area contributed by atoms with E-state index in [1.54, 1.807) is 63.2 Å². The van der Waals surface area contributed by atoms with Crippen LogP contribution in [-0.2, 0) is 16.0 Å². The molecule has 41 heavy (non-hydrogen) atoms. The van der Waals surface area contributed by atoms with Gasteiger partial charge in [-0.1, -0.05) is 11.6 Å². The third-order valence-electron chi connectivity index (χ3n) is 6.62. The first kappa shape index (κ1) is 26.4. The minimum absolute atomic E-state index is 0.319. The third-order valence-corrected chi connectivity index (χ3v) is 6.85. The van der Waals surface area contributed by atoms with Crippen LogP contribution in [0.25, 0.3) is 27.8 Å². The van der Waals surface area contributed by atoms with E-state index in [9.17, 15) is 14.4 Å². The average molecular weight is 573 g/mol. The number of hydrogen-bond acceptors (Lipinski definition) is 8. The van der Waals surface area contributed by atoms with Crippen molar-refractivity contribution < 1.29 is 14.3 Å². The van der Waals surface area contributed by atoms with Crippen molar-refractivity contribution in [1.29, 1.82) is 0 Å². The number of fused-ring (bicyclic) bond motifs is 2. The molecule has 0 radical (unpaired) electrons. The summed E-state index contributed by atoms with van der Waals surface area (Å²) in [4.78, 5) is 46.8. The summed E-state index contributed by atoms with van der Waals surface area (Å²) in [5, 5.41) is 15.4. The van der Waals surface area contributed by atoms with Crippen LogP contribution in [0.3, 0.4) is 0 Å². The number of H-pyrrole nitrogens is 1. The van der Waals surface area contributed by atoms with Gasteiger partial charge in [-0.05, 0) is 80.1 Å². The molecule has 0 saturated heterocycles. The van der Waals surface area contributed by atoms with Crippen molar-refractivity contribution in [3.63, 3.8) is 0 Å². The molecule has 6 rings (SSSR count). The molecule has 0 saturated carbocycles. The highest BCUT2D eigenvalue weighted by atomic mass is 35.5. The number of anilines is 1. The lowest BCUT2D eigenvalue weighted by atomic mass is 10.1. The minimum Gasteiger partial charge on any atom is -0.455 e. The summed E-state index contributed by atoms with van der Waals surface area (Å²) < 4.78 is 8.32. The van der Waals surface area contributed by atoms with Gasteiger partial charge in [-0.25, -0.2) is 9.78 Å². The Morgan fingerprint density at radius 3 is 2.71 bits per heavy atom. The second kappa shape index (κ2) is 9.97. The summed E-state index contributed by atoms with van der Waals surface area (Å²) >= 11 is 6.26. The molecule has 0 aliphatic carbocycles. The van der Waals surface area contributed by atoms with Crippen LogP contribution in [0.2, 0.25) is 5.02 Å². The van der Waals surface area contributed by atoms with E-state index in [1.165, 1.54) is 21.6 Å². The van der Waals surface area contributed by atoms with E-state index in [-0.39, 0.29) is 11.5 Å². The standard InChI is InChI=1S/C28H25ClN8O4/c1-28(2,3)41-27(40)21-11-15-10-17(5-6-19(15)32-21)31-26(39)23-8-9-24-33-20(13-25(38)37(23)24)18-12-16(29)4-7-22(18)36-14-30-34-35-36/h4-7,10-14,23,32H,8-9H2,1-3H3,(H,31,39). The van der Waals surface area contributed by atoms with Gasteiger partial charge in [0.25, 0.3) is 5.56 Å². The third kappa shape index (κ3) is 5.21. The number of aromatic amines is 1. The molecule has 0 spiro atoms. The number of aromatic nitrogens is 7. The van der Waals surface area contributed by atoms with Gasteiger partial charge in [-0.3, -0.25) is 14.2 Å². The zero-order valence-corrected chi connectivity index (χ0v) is 23.1. The zero-order valence-electron chi connectivity index (χ0n) is 22.4. The number of tetrazole rings is 1. The maximum Gasteiger partial charge on any atom is 0.355 e. The van der Waals surface area contributed by atoms with Crippen molar-refractivity contribution >= 4 is 40.1 Å². The Labute approximate surface area is 238 Å². The van der Waals surface area contributed by atoms with Crippen LogP contribution >= 0.6 is 11.6 Å². The van der Waals surface area contributed by atoms with Crippen LogP contribution in [0.5, 0.6) is 0 Å². The van der Waals surface area contributed by atoms with E-state index in [0.717, 1.165) is 10.9 Å². The number of aryl methyl sites for hydroxylation is 1. The lowest BCUT2D eigenvalue weighted by Gasteiger charge is -2.18. The van der Waals surface area contributed by atoms with Crippen molar-refractivity contribution in [3.8, 4) is 16.9 Å². The number of rotatable bonds is 5. The number of nitrogens with zero attached hydrogens (tertiary/aromatic N) is 6. The summed E-state index contributed by atoms with van der Waals surface area (Å²) in [7, 11) is 0. The second-order valence-corrected chi connectivity index (χ2v) is 11.1. The number of carbonyl (C=O) groups is 2. The predicted octanol–water partition coefficient (Wildman–Crippen LogP) is 4.10. The molecule has 5 aromatic rings. The number of halogens is 1. The van der Waals surface area contributed by atoms with Crippen molar-refractivity contribution in [2.24, 2.45) is 0 Å². The molecule has 1 unspecified atom stereocenters.